The Kier molecular flexibility index (Phi) is 4.17. The Morgan fingerprint density at radius 3 is 1.50 bits per heavy atom. The van der Waals surface area contributed by atoms with Gasteiger partial charge in [0.25, 0.3) is 0 Å². The van der Waals surface area contributed by atoms with Gasteiger partial charge in [0, 0.05) is 0 Å². The third-order valence-corrected chi connectivity index (χ3v) is 2.81. The van der Waals surface area contributed by atoms with Crippen LogP contribution in [0.4, 0.5) is 0 Å². The molecule has 0 saturated heterocycles. The molecule has 3 heteroatoms. The molecule has 0 aliphatic carbocycles. The first-order chi connectivity index (χ1) is 5.37. The van der Waals surface area contributed by atoms with Crippen LogP contribution in [-0.4, -0.2) is 53.6 Å². The zero-order valence-electron chi connectivity index (χ0n) is 8.67. The molecule has 74 valence electrons. The quantitative estimate of drug-likeness (QED) is 0.601. The number of rotatable bonds is 4. The van der Waals surface area contributed by atoms with E-state index in [-0.39, 0.29) is 18.8 Å². The monoisotopic (exact) mass is 176 g/mol. The van der Waals surface area contributed by atoms with Crippen molar-refractivity contribution in [3.8, 4) is 0 Å². The van der Waals surface area contributed by atoms with Gasteiger partial charge in [-0.2, -0.15) is 0 Å². The fourth-order valence-corrected chi connectivity index (χ4v) is 1.22. The van der Waals surface area contributed by atoms with Crippen molar-refractivity contribution in [2.45, 2.75) is 26.3 Å². The van der Waals surface area contributed by atoms with Gasteiger partial charge in [-0.05, 0) is 20.8 Å². The molecule has 0 unspecified atom stereocenters. The molecule has 12 heavy (non-hydrogen) atoms. The van der Waals surface area contributed by atoms with Crippen molar-refractivity contribution in [1.29, 1.82) is 0 Å². The highest BCUT2D eigenvalue weighted by molar-refractivity contribution is 4.62. The molecule has 0 fully saturated rings. The number of quaternary nitrogens is 1. The van der Waals surface area contributed by atoms with E-state index in [1.807, 2.05) is 0 Å². The lowest BCUT2D eigenvalue weighted by Gasteiger charge is -2.45. The standard InChI is InChI=1S/C9H22NO2/c1-9(2,3)10(4,5-7-11)6-8-12/h11-12H,5-8H2,1-4H3/q+1. The van der Waals surface area contributed by atoms with E-state index in [1.54, 1.807) is 0 Å². The van der Waals surface area contributed by atoms with Crippen molar-refractivity contribution in [2.24, 2.45) is 0 Å². The van der Waals surface area contributed by atoms with E-state index >= 15 is 0 Å². The summed E-state index contributed by atoms with van der Waals surface area (Å²) >= 11 is 0. The summed E-state index contributed by atoms with van der Waals surface area (Å²) in [6.45, 7) is 8.12. The molecule has 0 spiro atoms. The maximum Gasteiger partial charge on any atom is 0.102 e. The molecule has 0 aromatic rings. The van der Waals surface area contributed by atoms with E-state index in [0.29, 0.717) is 17.6 Å². The minimum absolute atomic E-state index is 0.0749. The zero-order valence-corrected chi connectivity index (χ0v) is 8.67. The number of hydrogen-bond acceptors (Lipinski definition) is 2. The molecule has 0 atom stereocenters. The molecule has 0 aliphatic heterocycles. The van der Waals surface area contributed by atoms with Crippen LogP contribution in [0, 0.1) is 0 Å². The van der Waals surface area contributed by atoms with Crippen molar-refractivity contribution >= 4 is 0 Å². The Morgan fingerprint density at radius 2 is 1.33 bits per heavy atom. The van der Waals surface area contributed by atoms with Gasteiger partial charge >= 0.3 is 0 Å². The lowest BCUT2D eigenvalue weighted by molar-refractivity contribution is -0.953. The second-order valence-corrected chi connectivity index (χ2v) is 4.46. The van der Waals surface area contributed by atoms with Crippen LogP contribution in [0.5, 0.6) is 0 Å². The van der Waals surface area contributed by atoms with Gasteiger partial charge in [0.2, 0.25) is 0 Å². The maximum absolute atomic E-state index is 8.89. The lowest BCUT2D eigenvalue weighted by Crippen LogP contribution is -2.59. The smallest absolute Gasteiger partial charge is 0.102 e. The molecular formula is C9H22NO2+. The van der Waals surface area contributed by atoms with Crippen molar-refractivity contribution < 1.29 is 14.7 Å². The Hall–Kier alpha value is -0.120. The summed E-state index contributed by atoms with van der Waals surface area (Å²) in [6.07, 6.45) is 0. The Balaban J connectivity index is 4.38. The highest BCUT2D eigenvalue weighted by atomic mass is 16.3. The molecule has 2 N–H and O–H groups in total. The fourth-order valence-electron chi connectivity index (χ4n) is 1.22. The van der Waals surface area contributed by atoms with Gasteiger partial charge < -0.3 is 14.7 Å². The second kappa shape index (κ2) is 4.21. The summed E-state index contributed by atoms with van der Waals surface area (Å²) in [5.74, 6) is 0. The molecular weight excluding hydrogens is 154 g/mol. The van der Waals surface area contributed by atoms with Crippen LogP contribution in [0.3, 0.4) is 0 Å². The van der Waals surface area contributed by atoms with E-state index in [1.165, 1.54) is 0 Å². The number of hydrogen-bond donors (Lipinski definition) is 2. The van der Waals surface area contributed by atoms with Crippen molar-refractivity contribution in [1.82, 2.24) is 0 Å². The van der Waals surface area contributed by atoms with Crippen LogP contribution < -0.4 is 0 Å². The van der Waals surface area contributed by atoms with Crippen LogP contribution in [0.25, 0.3) is 0 Å². The predicted octanol–water partition coefficient (Wildman–Crippen LogP) is 0.216. The largest absolute Gasteiger partial charge is 0.391 e. The van der Waals surface area contributed by atoms with Crippen LogP contribution in [-0.2, 0) is 0 Å². The SMILES string of the molecule is CC(C)(C)[N+](C)(CCO)CCO. The average molecular weight is 176 g/mol. The van der Waals surface area contributed by atoms with Crippen LogP contribution in [0.15, 0.2) is 0 Å². The Morgan fingerprint density at radius 1 is 1.00 bits per heavy atom. The first-order valence-electron chi connectivity index (χ1n) is 4.44. The van der Waals surface area contributed by atoms with E-state index in [2.05, 4.69) is 27.8 Å². The van der Waals surface area contributed by atoms with Crippen molar-refractivity contribution in [2.75, 3.05) is 33.4 Å². The third kappa shape index (κ3) is 2.73. The van der Waals surface area contributed by atoms with E-state index < -0.39 is 0 Å². The Bertz CT molecular complexity index is 123. The van der Waals surface area contributed by atoms with E-state index in [4.69, 9.17) is 10.2 Å². The molecule has 3 nitrogen and oxygen atoms in total. The Labute approximate surface area is 75.2 Å². The van der Waals surface area contributed by atoms with Crippen molar-refractivity contribution in [3.63, 3.8) is 0 Å². The van der Waals surface area contributed by atoms with Crippen LogP contribution in [0.1, 0.15) is 20.8 Å². The average Bonchev–Trinajstić information content (AvgIpc) is 1.86. The summed E-state index contributed by atoms with van der Waals surface area (Å²) in [6, 6.07) is 0. The molecule has 0 rings (SSSR count). The van der Waals surface area contributed by atoms with Gasteiger partial charge in [-0.3, -0.25) is 0 Å². The highest BCUT2D eigenvalue weighted by Crippen LogP contribution is 2.20. The number of aliphatic hydroxyl groups excluding tert-OH is 2. The number of nitrogens with zero attached hydrogens (tertiary/aromatic N) is 1. The van der Waals surface area contributed by atoms with Gasteiger partial charge in [-0.15, -0.1) is 0 Å². The molecule has 0 amide bonds. The van der Waals surface area contributed by atoms with E-state index in [0.717, 1.165) is 0 Å². The number of aliphatic hydroxyl groups is 2. The molecule has 0 bridgehead atoms. The van der Waals surface area contributed by atoms with E-state index in [9.17, 15) is 0 Å². The zero-order chi connectivity index (χ0) is 9.83. The maximum atomic E-state index is 8.89. The summed E-state index contributed by atoms with van der Waals surface area (Å²) in [7, 11) is 2.06. The lowest BCUT2D eigenvalue weighted by atomic mass is 10.0. The minimum Gasteiger partial charge on any atom is -0.391 e. The molecule has 0 saturated carbocycles. The minimum atomic E-state index is 0.0749. The summed E-state index contributed by atoms with van der Waals surface area (Å²) in [5.41, 5.74) is 0.0749. The molecule has 0 aromatic carbocycles. The summed E-state index contributed by atoms with van der Waals surface area (Å²) in [5, 5.41) is 17.8. The van der Waals surface area contributed by atoms with Crippen molar-refractivity contribution in [3.05, 3.63) is 0 Å². The highest BCUT2D eigenvalue weighted by Gasteiger charge is 2.34. The van der Waals surface area contributed by atoms with Gasteiger partial charge in [-0.1, -0.05) is 0 Å². The topological polar surface area (TPSA) is 40.5 Å². The third-order valence-electron chi connectivity index (χ3n) is 2.81. The molecule has 0 heterocycles. The second-order valence-electron chi connectivity index (χ2n) is 4.46. The first kappa shape index (κ1) is 11.9. The molecule has 0 aromatic heterocycles. The predicted molar refractivity (Wildman–Crippen MR) is 49.8 cm³/mol. The van der Waals surface area contributed by atoms with Gasteiger partial charge in [-0.25, -0.2) is 0 Å². The first-order valence-corrected chi connectivity index (χ1v) is 4.44. The summed E-state index contributed by atoms with van der Waals surface area (Å²) < 4.78 is 0.708. The number of likely N-dealkylation sites (N-methyl/N-ethyl adjacent to an activating group) is 1. The van der Waals surface area contributed by atoms with Crippen LogP contribution in [0.2, 0.25) is 0 Å². The van der Waals surface area contributed by atoms with Gasteiger partial charge in [0.15, 0.2) is 0 Å². The van der Waals surface area contributed by atoms with Crippen LogP contribution >= 0.6 is 0 Å². The normalized spacial score (nSPS) is 13.5. The van der Waals surface area contributed by atoms with Gasteiger partial charge in [0.1, 0.15) is 13.1 Å². The summed E-state index contributed by atoms with van der Waals surface area (Å²) in [4.78, 5) is 0. The molecule has 0 radical (unpaired) electrons. The molecule has 0 aliphatic rings. The van der Waals surface area contributed by atoms with Gasteiger partial charge in [0.05, 0.1) is 25.8 Å². The fraction of sp³-hybridized carbons (Fsp3) is 1.00.